The van der Waals surface area contributed by atoms with Gasteiger partial charge in [-0.05, 0) is 40.5 Å². The van der Waals surface area contributed by atoms with Gasteiger partial charge in [-0.2, -0.15) is 4.31 Å². The molecule has 2 fully saturated rings. The Hall–Kier alpha value is -1.45. The fourth-order valence-corrected chi connectivity index (χ4v) is 5.61. The summed E-state index contributed by atoms with van der Waals surface area (Å²) in [5.41, 5.74) is -0.0173. The number of ether oxygens (including phenoxy) is 1. The van der Waals surface area contributed by atoms with Gasteiger partial charge in [-0.15, -0.1) is 0 Å². The SMILES string of the molecule is Cc1noc(C)c1S(=O)(=O)N1CCCC(C(=O)N2CCOC(C)(C)C2)C1. The van der Waals surface area contributed by atoms with E-state index >= 15 is 0 Å². The van der Waals surface area contributed by atoms with Crippen LogP contribution in [0.15, 0.2) is 9.42 Å². The Kier molecular flexibility index (Phi) is 5.15. The van der Waals surface area contributed by atoms with Crippen LogP contribution in [-0.2, 0) is 19.6 Å². The number of hydrogen-bond donors (Lipinski definition) is 0. The molecule has 3 rings (SSSR count). The monoisotopic (exact) mass is 385 g/mol. The molecule has 26 heavy (non-hydrogen) atoms. The summed E-state index contributed by atoms with van der Waals surface area (Å²) in [7, 11) is -3.72. The van der Waals surface area contributed by atoms with Crippen molar-refractivity contribution in [1.29, 1.82) is 0 Å². The number of sulfonamides is 1. The lowest BCUT2D eigenvalue weighted by atomic mass is 9.96. The number of aromatic nitrogens is 1. The Morgan fingerprint density at radius 1 is 1.27 bits per heavy atom. The lowest BCUT2D eigenvalue weighted by Crippen LogP contribution is -2.54. The van der Waals surface area contributed by atoms with E-state index in [9.17, 15) is 13.2 Å². The van der Waals surface area contributed by atoms with Gasteiger partial charge in [0.15, 0.2) is 5.76 Å². The predicted molar refractivity (Wildman–Crippen MR) is 94.1 cm³/mol. The standard InChI is InChI=1S/C17H27N3O5S/c1-12-15(13(2)25-18-12)26(22,23)20-7-5-6-14(10-20)16(21)19-8-9-24-17(3,4)11-19/h14H,5-11H2,1-4H3. The maximum absolute atomic E-state index is 13.0. The van der Waals surface area contributed by atoms with Gasteiger partial charge in [0.1, 0.15) is 10.6 Å². The van der Waals surface area contributed by atoms with Crippen LogP contribution in [0, 0.1) is 19.8 Å². The van der Waals surface area contributed by atoms with Gasteiger partial charge in [-0.25, -0.2) is 8.42 Å². The largest absolute Gasteiger partial charge is 0.372 e. The first kappa shape index (κ1) is 19.3. The summed E-state index contributed by atoms with van der Waals surface area (Å²) >= 11 is 0. The second-order valence-electron chi connectivity index (χ2n) is 7.72. The topological polar surface area (TPSA) is 93.0 Å². The molecule has 1 amide bonds. The van der Waals surface area contributed by atoms with E-state index in [1.165, 1.54) is 4.31 Å². The molecule has 1 aromatic rings. The van der Waals surface area contributed by atoms with Crippen LogP contribution in [0.3, 0.4) is 0 Å². The number of morpholine rings is 1. The van der Waals surface area contributed by atoms with E-state index in [2.05, 4.69) is 5.16 Å². The van der Waals surface area contributed by atoms with Crippen molar-refractivity contribution in [3.63, 3.8) is 0 Å². The van der Waals surface area contributed by atoms with Gasteiger partial charge in [-0.1, -0.05) is 5.16 Å². The van der Waals surface area contributed by atoms with Crippen molar-refractivity contribution in [2.45, 2.75) is 51.0 Å². The van der Waals surface area contributed by atoms with Gasteiger partial charge in [0.25, 0.3) is 0 Å². The molecule has 2 aliphatic heterocycles. The van der Waals surface area contributed by atoms with E-state index in [0.29, 0.717) is 44.8 Å². The number of amides is 1. The molecule has 1 aromatic heterocycles. The van der Waals surface area contributed by atoms with Gasteiger partial charge in [0, 0.05) is 26.2 Å². The van der Waals surface area contributed by atoms with Crippen molar-refractivity contribution in [2.75, 3.05) is 32.8 Å². The summed E-state index contributed by atoms with van der Waals surface area (Å²) in [6.45, 7) is 9.32. The number of piperidine rings is 1. The zero-order valence-electron chi connectivity index (χ0n) is 15.8. The first-order valence-electron chi connectivity index (χ1n) is 8.97. The van der Waals surface area contributed by atoms with Crippen LogP contribution in [-0.4, -0.2) is 67.1 Å². The summed E-state index contributed by atoms with van der Waals surface area (Å²) in [5.74, 6) is -0.0289. The van der Waals surface area contributed by atoms with E-state index in [1.807, 2.05) is 13.8 Å². The van der Waals surface area contributed by atoms with Crippen LogP contribution >= 0.6 is 0 Å². The number of nitrogens with zero attached hydrogens (tertiary/aromatic N) is 3. The van der Waals surface area contributed by atoms with E-state index in [0.717, 1.165) is 0 Å². The molecule has 0 spiro atoms. The van der Waals surface area contributed by atoms with Gasteiger partial charge >= 0.3 is 0 Å². The fourth-order valence-electron chi connectivity index (χ4n) is 3.80. The fraction of sp³-hybridized carbons (Fsp3) is 0.765. The molecule has 2 aliphatic rings. The van der Waals surface area contributed by atoms with Crippen LogP contribution in [0.4, 0.5) is 0 Å². The van der Waals surface area contributed by atoms with Crippen LogP contribution < -0.4 is 0 Å². The zero-order valence-corrected chi connectivity index (χ0v) is 16.6. The third-order valence-electron chi connectivity index (χ3n) is 5.04. The number of carbonyl (C=O) groups is 1. The van der Waals surface area contributed by atoms with Crippen molar-refractivity contribution >= 4 is 15.9 Å². The smallest absolute Gasteiger partial charge is 0.248 e. The molecular weight excluding hydrogens is 358 g/mol. The minimum Gasteiger partial charge on any atom is -0.372 e. The van der Waals surface area contributed by atoms with Gasteiger partial charge < -0.3 is 14.2 Å². The third kappa shape index (κ3) is 3.65. The first-order valence-corrected chi connectivity index (χ1v) is 10.4. The number of aryl methyl sites for hydroxylation is 2. The second kappa shape index (κ2) is 6.94. The van der Waals surface area contributed by atoms with Crippen molar-refractivity contribution in [3.8, 4) is 0 Å². The molecule has 0 aromatic carbocycles. The first-order chi connectivity index (χ1) is 12.1. The van der Waals surface area contributed by atoms with E-state index < -0.39 is 10.0 Å². The van der Waals surface area contributed by atoms with Crippen molar-refractivity contribution in [1.82, 2.24) is 14.4 Å². The summed E-state index contributed by atoms with van der Waals surface area (Å²) in [6.07, 6.45) is 1.36. The van der Waals surface area contributed by atoms with Crippen molar-refractivity contribution < 1.29 is 22.5 Å². The molecule has 0 aliphatic carbocycles. The lowest BCUT2D eigenvalue weighted by Gasteiger charge is -2.41. The quantitative estimate of drug-likeness (QED) is 0.779. The molecule has 8 nitrogen and oxygen atoms in total. The second-order valence-corrected chi connectivity index (χ2v) is 9.60. The highest BCUT2D eigenvalue weighted by Gasteiger charge is 2.39. The highest BCUT2D eigenvalue weighted by Crippen LogP contribution is 2.29. The maximum atomic E-state index is 13.0. The summed E-state index contributed by atoms with van der Waals surface area (Å²) in [6, 6.07) is 0. The van der Waals surface area contributed by atoms with Crippen LogP contribution in [0.2, 0.25) is 0 Å². The van der Waals surface area contributed by atoms with E-state index in [4.69, 9.17) is 9.26 Å². The summed E-state index contributed by atoms with van der Waals surface area (Å²) < 4.78 is 38.1. The normalized spacial score (nSPS) is 24.6. The molecule has 0 N–H and O–H groups in total. The molecule has 0 bridgehead atoms. The number of carbonyl (C=O) groups excluding carboxylic acids is 1. The maximum Gasteiger partial charge on any atom is 0.248 e. The Balaban J connectivity index is 1.76. The molecule has 3 heterocycles. The van der Waals surface area contributed by atoms with Crippen LogP contribution in [0.1, 0.15) is 38.1 Å². The summed E-state index contributed by atoms with van der Waals surface area (Å²) in [5, 5.41) is 3.75. The number of hydrogen-bond acceptors (Lipinski definition) is 6. The van der Waals surface area contributed by atoms with Crippen LogP contribution in [0.5, 0.6) is 0 Å². The molecule has 2 saturated heterocycles. The van der Waals surface area contributed by atoms with E-state index in [-0.39, 0.29) is 34.6 Å². The predicted octanol–water partition coefficient (Wildman–Crippen LogP) is 1.33. The van der Waals surface area contributed by atoms with Gasteiger partial charge in [0.2, 0.25) is 15.9 Å². The molecule has 1 unspecified atom stereocenters. The molecule has 146 valence electrons. The molecule has 9 heteroatoms. The Labute approximate surface area is 154 Å². The van der Waals surface area contributed by atoms with Crippen LogP contribution in [0.25, 0.3) is 0 Å². The van der Waals surface area contributed by atoms with Crippen molar-refractivity contribution in [2.24, 2.45) is 5.92 Å². The summed E-state index contributed by atoms with van der Waals surface area (Å²) in [4.78, 5) is 14.9. The third-order valence-corrected chi connectivity index (χ3v) is 7.15. The molecular formula is C17H27N3O5S. The molecule has 1 atom stereocenters. The zero-order chi connectivity index (χ0) is 19.1. The number of rotatable bonds is 3. The van der Waals surface area contributed by atoms with Gasteiger partial charge in [-0.3, -0.25) is 4.79 Å². The Bertz CT molecular complexity index is 767. The minimum absolute atomic E-state index is 0.0139. The van der Waals surface area contributed by atoms with Gasteiger partial charge in [0.05, 0.1) is 18.1 Å². The Morgan fingerprint density at radius 2 is 2.00 bits per heavy atom. The van der Waals surface area contributed by atoms with E-state index in [1.54, 1.807) is 18.7 Å². The van der Waals surface area contributed by atoms with Crippen molar-refractivity contribution in [3.05, 3.63) is 11.5 Å². The lowest BCUT2D eigenvalue weighted by molar-refractivity contribution is -0.151. The highest BCUT2D eigenvalue weighted by molar-refractivity contribution is 7.89. The Morgan fingerprint density at radius 3 is 2.62 bits per heavy atom. The minimum atomic E-state index is -3.72. The molecule has 0 saturated carbocycles. The average molecular weight is 385 g/mol. The highest BCUT2D eigenvalue weighted by atomic mass is 32.2. The molecule has 0 radical (unpaired) electrons. The average Bonchev–Trinajstić information content (AvgIpc) is 2.92.